The molecule has 1 aromatic heterocycles. The van der Waals surface area contributed by atoms with Crippen LogP contribution in [0.5, 0.6) is 0 Å². The Morgan fingerprint density at radius 2 is 2.08 bits per heavy atom. The molecule has 0 amide bonds. The second-order valence-corrected chi connectivity index (χ2v) is 6.91. The number of benzene rings is 1. The third-order valence-corrected chi connectivity index (χ3v) is 5.23. The molecule has 6 heteroatoms. The zero-order valence-corrected chi connectivity index (χ0v) is 14.8. The van der Waals surface area contributed by atoms with E-state index in [0.717, 1.165) is 25.5 Å². The van der Waals surface area contributed by atoms with E-state index in [0.29, 0.717) is 27.4 Å². The van der Waals surface area contributed by atoms with E-state index in [-0.39, 0.29) is 0 Å². The molecule has 24 heavy (non-hydrogen) atoms. The second kappa shape index (κ2) is 7.40. The van der Waals surface area contributed by atoms with Crippen molar-refractivity contribution in [3.05, 3.63) is 57.7 Å². The van der Waals surface area contributed by atoms with Gasteiger partial charge in [0.25, 0.3) is 0 Å². The lowest BCUT2D eigenvalue weighted by Gasteiger charge is -2.26. The number of aromatic nitrogens is 1. The summed E-state index contributed by atoms with van der Waals surface area (Å²) in [6.07, 6.45) is 1.61. The monoisotopic (exact) mass is 360 g/mol. The van der Waals surface area contributed by atoms with Crippen molar-refractivity contribution in [2.45, 2.75) is 5.92 Å². The van der Waals surface area contributed by atoms with E-state index < -0.39 is 0 Å². The fourth-order valence-electron chi connectivity index (χ4n) is 3.18. The molecule has 1 aliphatic rings. The van der Waals surface area contributed by atoms with Crippen LogP contribution in [0.4, 0.5) is 5.82 Å². The highest BCUT2D eigenvalue weighted by molar-refractivity contribution is 6.42. The van der Waals surface area contributed by atoms with E-state index in [1.807, 2.05) is 25.2 Å². The molecule has 0 saturated carbocycles. The molecule has 4 nitrogen and oxygen atoms in total. The summed E-state index contributed by atoms with van der Waals surface area (Å²) in [6, 6.07) is 11.7. The molecular formula is C18H18Cl2N4. The molecule has 0 aliphatic carbocycles. The number of hydrogen-bond donors (Lipinski definition) is 1. The minimum Gasteiger partial charge on any atom is -0.359 e. The zero-order valence-electron chi connectivity index (χ0n) is 13.3. The first-order valence-corrected chi connectivity index (χ1v) is 8.57. The molecule has 1 aromatic carbocycles. The van der Waals surface area contributed by atoms with E-state index in [2.05, 4.69) is 27.3 Å². The lowest BCUT2D eigenvalue weighted by molar-refractivity contribution is 0.517. The molecule has 1 saturated heterocycles. The maximum absolute atomic E-state index is 8.87. The Balaban J connectivity index is 1.73. The average Bonchev–Trinajstić information content (AvgIpc) is 3.05. The molecule has 1 N–H and O–H groups in total. The first-order chi connectivity index (χ1) is 11.6. The SMILES string of the molecule is CN(C[C@H]1CNC[C@@H]1c1ccc(Cl)c(Cl)c1)c1ccc(C#N)cn1. The van der Waals surface area contributed by atoms with Crippen molar-refractivity contribution in [1.82, 2.24) is 10.3 Å². The Labute approximate surface area is 152 Å². The van der Waals surface area contributed by atoms with Gasteiger partial charge in [0.05, 0.1) is 15.6 Å². The topological polar surface area (TPSA) is 52.0 Å². The normalized spacial score (nSPS) is 19.9. The van der Waals surface area contributed by atoms with Crippen LogP contribution in [0.2, 0.25) is 10.0 Å². The molecule has 2 heterocycles. The molecule has 0 spiro atoms. The van der Waals surface area contributed by atoms with Gasteiger partial charge in [-0.15, -0.1) is 0 Å². The first-order valence-electron chi connectivity index (χ1n) is 7.81. The number of rotatable bonds is 4. The van der Waals surface area contributed by atoms with Gasteiger partial charge in [0.1, 0.15) is 11.9 Å². The predicted octanol–water partition coefficient (Wildman–Crippen LogP) is 3.70. The third-order valence-electron chi connectivity index (χ3n) is 4.49. The van der Waals surface area contributed by atoms with Gasteiger partial charge in [0, 0.05) is 38.8 Å². The summed E-state index contributed by atoms with van der Waals surface area (Å²) >= 11 is 12.2. The summed E-state index contributed by atoms with van der Waals surface area (Å²) in [5.41, 5.74) is 1.78. The fraction of sp³-hybridized carbons (Fsp3) is 0.333. The van der Waals surface area contributed by atoms with Crippen LogP contribution in [0.1, 0.15) is 17.0 Å². The molecule has 2 aromatic rings. The maximum Gasteiger partial charge on any atom is 0.128 e. The van der Waals surface area contributed by atoms with Crippen LogP contribution < -0.4 is 10.2 Å². The first kappa shape index (κ1) is 17.0. The van der Waals surface area contributed by atoms with Crippen LogP contribution in [0.3, 0.4) is 0 Å². The quantitative estimate of drug-likeness (QED) is 0.902. The lowest BCUT2D eigenvalue weighted by Crippen LogP contribution is -2.29. The summed E-state index contributed by atoms with van der Waals surface area (Å²) in [5.74, 6) is 1.71. The summed E-state index contributed by atoms with van der Waals surface area (Å²) in [4.78, 5) is 6.49. The number of halogens is 2. The van der Waals surface area contributed by atoms with Crippen molar-refractivity contribution in [3.8, 4) is 6.07 Å². The number of nitriles is 1. The molecule has 1 fully saturated rings. The molecule has 0 unspecified atom stereocenters. The van der Waals surface area contributed by atoms with E-state index in [1.54, 1.807) is 12.3 Å². The van der Waals surface area contributed by atoms with Gasteiger partial charge >= 0.3 is 0 Å². The zero-order chi connectivity index (χ0) is 17.1. The van der Waals surface area contributed by atoms with Crippen molar-refractivity contribution >= 4 is 29.0 Å². The highest BCUT2D eigenvalue weighted by Crippen LogP contribution is 2.33. The summed E-state index contributed by atoms with van der Waals surface area (Å²) in [5, 5.41) is 13.5. The Bertz CT molecular complexity index is 755. The van der Waals surface area contributed by atoms with Gasteiger partial charge in [-0.2, -0.15) is 5.26 Å². The summed E-state index contributed by atoms with van der Waals surface area (Å²) in [6.45, 7) is 2.75. The van der Waals surface area contributed by atoms with Gasteiger partial charge in [0.2, 0.25) is 0 Å². The van der Waals surface area contributed by atoms with Gasteiger partial charge in [-0.3, -0.25) is 0 Å². The number of anilines is 1. The summed E-state index contributed by atoms with van der Waals surface area (Å²) < 4.78 is 0. The summed E-state index contributed by atoms with van der Waals surface area (Å²) in [7, 11) is 2.03. The van der Waals surface area contributed by atoms with Crippen LogP contribution in [0.25, 0.3) is 0 Å². The average molecular weight is 361 g/mol. The molecule has 1 aliphatic heterocycles. The van der Waals surface area contributed by atoms with E-state index in [9.17, 15) is 0 Å². The fourth-order valence-corrected chi connectivity index (χ4v) is 3.49. The van der Waals surface area contributed by atoms with Crippen molar-refractivity contribution < 1.29 is 0 Å². The van der Waals surface area contributed by atoms with E-state index in [4.69, 9.17) is 28.5 Å². The minimum atomic E-state index is 0.389. The predicted molar refractivity (Wildman–Crippen MR) is 97.8 cm³/mol. The smallest absolute Gasteiger partial charge is 0.128 e. The Kier molecular flexibility index (Phi) is 5.25. The highest BCUT2D eigenvalue weighted by atomic mass is 35.5. The number of hydrogen-bond acceptors (Lipinski definition) is 4. The van der Waals surface area contributed by atoms with Gasteiger partial charge in [-0.1, -0.05) is 29.3 Å². The van der Waals surface area contributed by atoms with Crippen molar-refractivity contribution in [3.63, 3.8) is 0 Å². The molecule has 3 rings (SSSR count). The minimum absolute atomic E-state index is 0.389. The van der Waals surface area contributed by atoms with Crippen LogP contribution >= 0.6 is 23.2 Å². The molecular weight excluding hydrogens is 343 g/mol. The van der Waals surface area contributed by atoms with Crippen molar-refractivity contribution in [1.29, 1.82) is 5.26 Å². The second-order valence-electron chi connectivity index (χ2n) is 6.10. The van der Waals surface area contributed by atoms with Gasteiger partial charge in [-0.25, -0.2) is 4.98 Å². The highest BCUT2D eigenvalue weighted by Gasteiger charge is 2.29. The Hall–Kier alpha value is -1.80. The van der Waals surface area contributed by atoms with Gasteiger partial charge < -0.3 is 10.2 Å². The Morgan fingerprint density at radius 3 is 2.75 bits per heavy atom. The van der Waals surface area contributed by atoms with E-state index >= 15 is 0 Å². The molecule has 2 atom stereocenters. The van der Waals surface area contributed by atoms with Crippen LogP contribution in [-0.2, 0) is 0 Å². The number of nitrogens with one attached hydrogen (secondary N) is 1. The molecule has 124 valence electrons. The lowest BCUT2D eigenvalue weighted by atomic mass is 9.88. The van der Waals surface area contributed by atoms with Crippen LogP contribution in [0.15, 0.2) is 36.5 Å². The van der Waals surface area contributed by atoms with Gasteiger partial charge in [-0.05, 0) is 35.7 Å². The van der Waals surface area contributed by atoms with Gasteiger partial charge in [0.15, 0.2) is 0 Å². The van der Waals surface area contributed by atoms with Crippen molar-refractivity contribution in [2.24, 2.45) is 5.92 Å². The number of pyridine rings is 1. The van der Waals surface area contributed by atoms with Crippen LogP contribution in [-0.4, -0.2) is 31.7 Å². The molecule has 0 bridgehead atoms. The van der Waals surface area contributed by atoms with E-state index in [1.165, 1.54) is 5.56 Å². The third kappa shape index (κ3) is 3.64. The van der Waals surface area contributed by atoms with Crippen molar-refractivity contribution in [2.75, 3.05) is 31.6 Å². The standard InChI is InChI=1S/C18H18Cl2N4/c1-24(18-5-2-12(7-21)8-23-18)11-14-9-22-10-15(14)13-3-4-16(19)17(20)6-13/h2-6,8,14-15,22H,9-11H2,1H3/t14-,15-/m1/s1. The maximum atomic E-state index is 8.87. The molecule has 0 radical (unpaired) electrons. The number of nitrogens with zero attached hydrogens (tertiary/aromatic N) is 3. The Morgan fingerprint density at radius 1 is 1.25 bits per heavy atom. The largest absolute Gasteiger partial charge is 0.359 e. The van der Waals surface area contributed by atoms with Crippen LogP contribution in [0, 0.1) is 17.2 Å².